The van der Waals surface area contributed by atoms with Crippen LogP contribution in [-0.4, -0.2) is 23.3 Å². The first kappa shape index (κ1) is 20.9. The van der Waals surface area contributed by atoms with Gasteiger partial charge < -0.3 is 15.4 Å². The predicted molar refractivity (Wildman–Crippen MR) is 116 cm³/mol. The lowest BCUT2D eigenvalue weighted by molar-refractivity contribution is -0.147. The van der Waals surface area contributed by atoms with Crippen LogP contribution < -0.4 is 15.4 Å². The van der Waals surface area contributed by atoms with Crippen LogP contribution in [0.2, 0.25) is 0 Å². The summed E-state index contributed by atoms with van der Waals surface area (Å²) in [5, 5.41) is 5.73. The molecule has 4 bridgehead atoms. The highest BCUT2D eigenvalue weighted by molar-refractivity contribution is 5.88. The van der Waals surface area contributed by atoms with E-state index in [-0.39, 0.29) is 29.6 Å². The van der Waals surface area contributed by atoms with Gasteiger partial charge in [0.1, 0.15) is 11.6 Å². The zero-order chi connectivity index (χ0) is 22.1. The van der Waals surface area contributed by atoms with Gasteiger partial charge in [0.05, 0.1) is 6.54 Å². The highest BCUT2D eigenvalue weighted by Gasteiger charge is 2.54. The van der Waals surface area contributed by atoms with Crippen molar-refractivity contribution in [1.29, 1.82) is 0 Å². The van der Waals surface area contributed by atoms with Crippen molar-refractivity contribution in [2.75, 3.05) is 6.54 Å². The number of carbonyl (C=O) groups excluding carboxylic acids is 2. The van der Waals surface area contributed by atoms with E-state index in [1.54, 1.807) is 18.3 Å². The largest absolute Gasteiger partial charge is 0.439 e. The summed E-state index contributed by atoms with van der Waals surface area (Å²) in [5.41, 5.74) is 0.580. The average Bonchev–Trinajstić information content (AvgIpc) is 2.77. The molecule has 2 amide bonds. The van der Waals surface area contributed by atoms with Gasteiger partial charge in [0.25, 0.3) is 0 Å². The Labute approximate surface area is 187 Å². The van der Waals surface area contributed by atoms with Gasteiger partial charge in [-0.25, -0.2) is 9.37 Å². The fraction of sp³-hybridized carbons (Fsp3) is 0.480. The van der Waals surface area contributed by atoms with Crippen LogP contribution in [0.5, 0.6) is 11.6 Å². The van der Waals surface area contributed by atoms with E-state index >= 15 is 0 Å². The van der Waals surface area contributed by atoms with Crippen molar-refractivity contribution in [3.05, 3.63) is 54.0 Å². The van der Waals surface area contributed by atoms with Crippen molar-refractivity contribution >= 4 is 11.8 Å². The van der Waals surface area contributed by atoms with Gasteiger partial charge in [0.15, 0.2) is 0 Å². The number of benzene rings is 1. The molecule has 0 atom stereocenters. The Hall–Kier alpha value is -2.96. The molecular formula is C25H28FN3O3. The molecule has 0 aliphatic heterocycles. The van der Waals surface area contributed by atoms with Crippen LogP contribution in [0.15, 0.2) is 42.6 Å². The third-order valence-corrected chi connectivity index (χ3v) is 7.25. The van der Waals surface area contributed by atoms with E-state index in [0.717, 1.165) is 24.8 Å². The third-order valence-electron chi connectivity index (χ3n) is 7.25. The molecule has 168 valence electrons. The molecule has 4 fully saturated rings. The lowest BCUT2D eigenvalue weighted by atomic mass is 9.49. The number of rotatable bonds is 7. The van der Waals surface area contributed by atoms with Crippen molar-refractivity contribution < 1.29 is 18.7 Å². The molecule has 0 radical (unpaired) electrons. The molecule has 0 spiro atoms. The van der Waals surface area contributed by atoms with E-state index in [0.29, 0.717) is 35.9 Å². The van der Waals surface area contributed by atoms with Crippen molar-refractivity contribution in [2.24, 2.45) is 23.2 Å². The van der Waals surface area contributed by atoms with Crippen molar-refractivity contribution in [3.63, 3.8) is 0 Å². The van der Waals surface area contributed by atoms with Gasteiger partial charge >= 0.3 is 0 Å². The van der Waals surface area contributed by atoms with Crippen LogP contribution in [0.1, 0.15) is 44.1 Å². The monoisotopic (exact) mass is 437 g/mol. The molecular weight excluding hydrogens is 409 g/mol. The first-order chi connectivity index (χ1) is 15.5. The quantitative estimate of drug-likeness (QED) is 0.687. The number of aromatic nitrogens is 1. The standard InChI is InChI=1S/C25H28FN3O3/c26-20-2-4-21(5-3-20)32-23-6-1-16(14-28-23)13-27-22(30)15-29-24(31)25-10-17-7-18(11-25)9-19(8-17)12-25/h1-6,14,17-19H,7-13,15H2,(H,27,30)(H,29,31). The zero-order valence-corrected chi connectivity index (χ0v) is 18.0. The van der Waals surface area contributed by atoms with Gasteiger partial charge in [0.2, 0.25) is 17.7 Å². The van der Waals surface area contributed by atoms with Crippen LogP contribution in [0.4, 0.5) is 4.39 Å². The Morgan fingerprint density at radius 3 is 2.22 bits per heavy atom. The molecule has 32 heavy (non-hydrogen) atoms. The van der Waals surface area contributed by atoms with Crippen molar-refractivity contribution in [3.8, 4) is 11.6 Å². The number of ether oxygens (including phenoxy) is 1. The number of hydrogen-bond acceptors (Lipinski definition) is 4. The minimum Gasteiger partial charge on any atom is -0.439 e. The Balaban J connectivity index is 1.07. The van der Waals surface area contributed by atoms with Crippen LogP contribution >= 0.6 is 0 Å². The molecule has 6 rings (SSSR count). The number of hydrogen-bond donors (Lipinski definition) is 2. The van der Waals surface area contributed by atoms with Gasteiger partial charge in [-0.3, -0.25) is 9.59 Å². The molecule has 6 nitrogen and oxygen atoms in total. The second kappa shape index (κ2) is 8.52. The zero-order valence-electron chi connectivity index (χ0n) is 18.0. The highest BCUT2D eigenvalue weighted by atomic mass is 19.1. The predicted octanol–water partition coefficient (Wildman–Crippen LogP) is 3.96. The SMILES string of the molecule is O=C(CNC(=O)C12CC3CC(CC(C3)C1)C2)NCc1ccc(Oc2ccc(F)cc2)nc1. The van der Waals surface area contributed by atoms with E-state index in [9.17, 15) is 14.0 Å². The van der Waals surface area contributed by atoms with Crippen molar-refractivity contribution in [2.45, 2.75) is 45.1 Å². The molecule has 4 saturated carbocycles. The number of nitrogens with one attached hydrogen (secondary N) is 2. The van der Waals surface area contributed by atoms with Gasteiger partial charge in [-0.2, -0.15) is 0 Å². The Morgan fingerprint density at radius 1 is 0.969 bits per heavy atom. The molecule has 7 heteroatoms. The smallest absolute Gasteiger partial charge is 0.239 e. The van der Waals surface area contributed by atoms with Crippen LogP contribution in [0.3, 0.4) is 0 Å². The molecule has 1 heterocycles. The Bertz CT molecular complexity index is 955. The molecule has 1 aromatic carbocycles. The fourth-order valence-electron chi connectivity index (χ4n) is 6.20. The lowest BCUT2D eigenvalue weighted by Gasteiger charge is -2.55. The summed E-state index contributed by atoms with van der Waals surface area (Å²) in [6.45, 7) is 0.315. The molecule has 1 aromatic heterocycles. The summed E-state index contributed by atoms with van der Waals surface area (Å²) in [7, 11) is 0. The lowest BCUT2D eigenvalue weighted by Crippen LogP contribution is -2.54. The number of carbonyl (C=O) groups is 2. The van der Waals surface area contributed by atoms with Crippen LogP contribution in [0.25, 0.3) is 0 Å². The highest BCUT2D eigenvalue weighted by Crippen LogP contribution is 2.60. The van der Waals surface area contributed by atoms with Crippen LogP contribution in [0, 0.1) is 29.0 Å². The minimum absolute atomic E-state index is 0.000225. The number of nitrogens with zero attached hydrogens (tertiary/aromatic N) is 1. The first-order valence-corrected chi connectivity index (χ1v) is 11.4. The maximum Gasteiger partial charge on any atom is 0.239 e. The summed E-state index contributed by atoms with van der Waals surface area (Å²) in [4.78, 5) is 29.4. The average molecular weight is 438 g/mol. The van der Waals surface area contributed by atoms with Crippen molar-refractivity contribution in [1.82, 2.24) is 15.6 Å². The normalized spacial score (nSPS) is 27.7. The summed E-state index contributed by atoms with van der Waals surface area (Å²) >= 11 is 0. The van der Waals surface area contributed by atoms with E-state index < -0.39 is 0 Å². The summed E-state index contributed by atoms with van der Waals surface area (Å²) in [6.07, 6.45) is 8.45. The summed E-state index contributed by atoms with van der Waals surface area (Å²) in [6, 6.07) is 9.20. The first-order valence-electron chi connectivity index (χ1n) is 11.4. The van der Waals surface area contributed by atoms with Gasteiger partial charge in [-0.05, 0) is 86.1 Å². The molecule has 0 unspecified atom stereocenters. The Kier molecular flexibility index (Phi) is 5.57. The van der Waals surface area contributed by atoms with E-state index in [4.69, 9.17) is 4.74 Å². The van der Waals surface area contributed by atoms with E-state index in [1.165, 1.54) is 43.5 Å². The van der Waals surface area contributed by atoms with E-state index in [1.807, 2.05) is 0 Å². The molecule has 2 aromatic rings. The molecule has 0 saturated heterocycles. The van der Waals surface area contributed by atoms with E-state index in [2.05, 4.69) is 15.6 Å². The number of amides is 2. The third kappa shape index (κ3) is 4.47. The molecule has 4 aliphatic rings. The van der Waals surface area contributed by atoms with Gasteiger partial charge in [0, 0.05) is 24.2 Å². The van der Waals surface area contributed by atoms with Gasteiger partial charge in [-0.15, -0.1) is 0 Å². The topological polar surface area (TPSA) is 80.3 Å². The maximum absolute atomic E-state index is 13.0. The summed E-state index contributed by atoms with van der Waals surface area (Å²) in [5.74, 6) is 2.50. The van der Waals surface area contributed by atoms with Gasteiger partial charge in [-0.1, -0.05) is 6.07 Å². The summed E-state index contributed by atoms with van der Waals surface area (Å²) < 4.78 is 18.5. The maximum atomic E-state index is 13.0. The number of halogens is 1. The fourth-order valence-corrected chi connectivity index (χ4v) is 6.20. The number of pyridine rings is 1. The second-order valence-corrected chi connectivity index (χ2v) is 9.72. The van der Waals surface area contributed by atoms with Crippen LogP contribution in [-0.2, 0) is 16.1 Å². The second-order valence-electron chi connectivity index (χ2n) is 9.72. The Morgan fingerprint density at radius 2 is 1.62 bits per heavy atom. The molecule has 4 aliphatic carbocycles. The molecule has 2 N–H and O–H groups in total. The minimum atomic E-state index is -0.328.